The second-order valence-electron chi connectivity index (χ2n) is 6.18. The van der Waals surface area contributed by atoms with Crippen LogP contribution < -0.4 is 5.73 Å². The maximum absolute atomic E-state index is 13.2. The highest BCUT2D eigenvalue weighted by molar-refractivity contribution is 7.98. The van der Waals surface area contributed by atoms with Gasteiger partial charge in [0, 0.05) is 17.2 Å². The lowest BCUT2D eigenvalue weighted by Crippen LogP contribution is -2.10. The fourth-order valence-electron chi connectivity index (χ4n) is 2.14. The van der Waals surface area contributed by atoms with Crippen molar-refractivity contribution < 1.29 is 4.39 Å². The molecule has 0 aliphatic rings. The van der Waals surface area contributed by atoms with E-state index in [1.807, 2.05) is 6.07 Å². The number of nitrogens with two attached hydrogens (primary N) is 1. The fraction of sp³-hybridized carbons (Fsp3) is 0.333. The van der Waals surface area contributed by atoms with Crippen LogP contribution in [0.25, 0.3) is 0 Å². The van der Waals surface area contributed by atoms with E-state index in [0.717, 1.165) is 16.9 Å². The highest BCUT2D eigenvalue weighted by Crippen LogP contribution is 2.28. The molecule has 2 rings (SSSR count). The van der Waals surface area contributed by atoms with Gasteiger partial charge >= 0.3 is 0 Å². The molecule has 1 nitrogen and oxygen atoms in total. The Kier molecular flexibility index (Phi) is 5.07. The van der Waals surface area contributed by atoms with Crippen molar-refractivity contribution in [2.75, 3.05) is 0 Å². The van der Waals surface area contributed by atoms with E-state index in [1.54, 1.807) is 11.8 Å². The van der Waals surface area contributed by atoms with Crippen LogP contribution in [0.15, 0.2) is 47.4 Å². The summed E-state index contributed by atoms with van der Waals surface area (Å²) in [6, 6.07) is 13.5. The predicted octanol–water partition coefficient (Wildman–Crippen LogP) is 4.87. The number of hydrogen-bond acceptors (Lipinski definition) is 2. The molecule has 0 unspecified atom stereocenters. The van der Waals surface area contributed by atoms with Crippen molar-refractivity contribution in [2.45, 2.75) is 43.4 Å². The Morgan fingerprint density at radius 1 is 1.00 bits per heavy atom. The Morgan fingerprint density at radius 3 is 2.24 bits per heavy atom. The van der Waals surface area contributed by atoms with Crippen molar-refractivity contribution in [3.05, 3.63) is 65.0 Å². The first-order valence-corrected chi connectivity index (χ1v) is 8.09. The lowest BCUT2D eigenvalue weighted by molar-refractivity contribution is 0.590. The summed E-state index contributed by atoms with van der Waals surface area (Å²) in [5, 5.41) is 0. The van der Waals surface area contributed by atoms with Crippen LogP contribution >= 0.6 is 11.8 Å². The standard InChI is InChI=1S/C18H22FNS/c1-18(2,3)15-5-8-17(9-6-15)21-12-13-4-7-16(19)10-14(13)11-20/h4-10H,11-12,20H2,1-3H3. The third-order valence-corrected chi connectivity index (χ3v) is 4.56. The van der Waals surface area contributed by atoms with Gasteiger partial charge in [-0.25, -0.2) is 4.39 Å². The van der Waals surface area contributed by atoms with Crippen LogP contribution in [0.3, 0.4) is 0 Å². The van der Waals surface area contributed by atoms with E-state index in [9.17, 15) is 4.39 Å². The molecule has 2 aromatic carbocycles. The molecule has 2 aromatic rings. The molecule has 0 atom stereocenters. The molecule has 0 bridgehead atoms. The molecule has 0 fully saturated rings. The molecular formula is C18H22FNS. The summed E-state index contributed by atoms with van der Waals surface area (Å²) in [6.07, 6.45) is 0. The molecule has 0 aliphatic carbocycles. The van der Waals surface area contributed by atoms with Gasteiger partial charge in [0.2, 0.25) is 0 Å². The molecule has 21 heavy (non-hydrogen) atoms. The van der Waals surface area contributed by atoms with Gasteiger partial charge < -0.3 is 5.73 Å². The first kappa shape index (κ1) is 16.1. The van der Waals surface area contributed by atoms with Crippen molar-refractivity contribution in [3.63, 3.8) is 0 Å². The molecule has 0 radical (unpaired) electrons. The average molecular weight is 303 g/mol. The third-order valence-electron chi connectivity index (χ3n) is 3.50. The molecule has 0 aromatic heterocycles. The molecule has 0 heterocycles. The molecule has 2 N–H and O–H groups in total. The SMILES string of the molecule is CC(C)(C)c1ccc(SCc2ccc(F)cc2CN)cc1. The van der Waals surface area contributed by atoms with Crippen LogP contribution in [-0.4, -0.2) is 0 Å². The molecule has 3 heteroatoms. The molecule has 0 saturated heterocycles. The van der Waals surface area contributed by atoms with Gasteiger partial charge in [-0.2, -0.15) is 0 Å². The van der Waals surface area contributed by atoms with Crippen molar-refractivity contribution >= 4 is 11.8 Å². The second kappa shape index (κ2) is 6.63. The van der Waals surface area contributed by atoms with Gasteiger partial charge in [-0.15, -0.1) is 11.8 Å². The monoisotopic (exact) mass is 303 g/mol. The number of benzene rings is 2. The lowest BCUT2D eigenvalue weighted by atomic mass is 9.87. The van der Waals surface area contributed by atoms with E-state index in [4.69, 9.17) is 5.73 Å². The van der Waals surface area contributed by atoms with Crippen LogP contribution in [0.1, 0.15) is 37.5 Å². The van der Waals surface area contributed by atoms with Crippen molar-refractivity contribution in [1.82, 2.24) is 0 Å². The first-order chi connectivity index (χ1) is 9.90. The lowest BCUT2D eigenvalue weighted by Gasteiger charge is -2.19. The van der Waals surface area contributed by atoms with Gasteiger partial charge in [0.1, 0.15) is 5.82 Å². The van der Waals surface area contributed by atoms with Gasteiger partial charge in [-0.1, -0.05) is 39.0 Å². The van der Waals surface area contributed by atoms with E-state index in [2.05, 4.69) is 45.0 Å². The summed E-state index contributed by atoms with van der Waals surface area (Å²) in [5.74, 6) is 0.584. The van der Waals surface area contributed by atoms with Crippen LogP contribution in [0, 0.1) is 5.82 Å². The van der Waals surface area contributed by atoms with Gasteiger partial charge in [0.25, 0.3) is 0 Å². The van der Waals surface area contributed by atoms with Crippen LogP contribution in [0.4, 0.5) is 4.39 Å². The fourth-order valence-corrected chi connectivity index (χ4v) is 3.07. The molecule has 0 saturated carbocycles. The van der Waals surface area contributed by atoms with Gasteiger partial charge in [0.05, 0.1) is 0 Å². The quantitative estimate of drug-likeness (QED) is 0.815. The van der Waals surface area contributed by atoms with Crippen LogP contribution in [0.5, 0.6) is 0 Å². The minimum atomic E-state index is -0.223. The van der Waals surface area contributed by atoms with Crippen molar-refractivity contribution in [2.24, 2.45) is 5.73 Å². The van der Waals surface area contributed by atoms with Gasteiger partial charge in [-0.05, 0) is 46.4 Å². The highest BCUT2D eigenvalue weighted by atomic mass is 32.2. The number of halogens is 1. The summed E-state index contributed by atoms with van der Waals surface area (Å²) >= 11 is 1.75. The van der Waals surface area contributed by atoms with E-state index in [0.29, 0.717) is 6.54 Å². The average Bonchev–Trinajstić information content (AvgIpc) is 2.45. The molecule has 0 amide bonds. The third kappa shape index (κ3) is 4.32. The summed E-state index contributed by atoms with van der Waals surface area (Å²) in [4.78, 5) is 1.22. The summed E-state index contributed by atoms with van der Waals surface area (Å²) in [5.41, 5.74) is 9.17. The Balaban J connectivity index is 2.07. The zero-order valence-corrected chi connectivity index (χ0v) is 13.6. The number of rotatable bonds is 4. The molecule has 0 aliphatic heterocycles. The molecule has 0 spiro atoms. The Labute approximate surface area is 130 Å². The minimum Gasteiger partial charge on any atom is -0.326 e. The van der Waals surface area contributed by atoms with E-state index in [-0.39, 0.29) is 11.2 Å². The van der Waals surface area contributed by atoms with Crippen LogP contribution in [0.2, 0.25) is 0 Å². The maximum atomic E-state index is 13.2. The van der Waals surface area contributed by atoms with E-state index in [1.165, 1.54) is 22.6 Å². The van der Waals surface area contributed by atoms with Crippen molar-refractivity contribution in [3.8, 4) is 0 Å². The zero-order chi connectivity index (χ0) is 15.5. The van der Waals surface area contributed by atoms with Gasteiger partial charge in [0.15, 0.2) is 0 Å². The van der Waals surface area contributed by atoms with E-state index >= 15 is 0 Å². The minimum absolute atomic E-state index is 0.173. The summed E-state index contributed by atoms with van der Waals surface area (Å²) < 4.78 is 13.2. The number of thioether (sulfide) groups is 1. The maximum Gasteiger partial charge on any atom is 0.123 e. The highest BCUT2D eigenvalue weighted by Gasteiger charge is 2.13. The summed E-state index contributed by atoms with van der Waals surface area (Å²) in [6.45, 7) is 7.00. The normalized spacial score (nSPS) is 11.7. The first-order valence-electron chi connectivity index (χ1n) is 7.11. The summed E-state index contributed by atoms with van der Waals surface area (Å²) in [7, 11) is 0. The second-order valence-corrected chi connectivity index (χ2v) is 7.23. The Hall–Kier alpha value is -1.32. The van der Waals surface area contributed by atoms with E-state index < -0.39 is 0 Å². The smallest absolute Gasteiger partial charge is 0.123 e. The number of hydrogen-bond donors (Lipinski definition) is 1. The largest absolute Gasteiger partial charge is 0.326 e. The predicted molar refractivity (Wildman–Crippen MR) is 89.0 cm³/mol. The molecular weight excluding hydrogens is 281 g/mol. The molecule has 112 valence electrons. The van der Waals surface area contributed by atoms with Gasteiger partial charge in [-0.3, -0.25) is 0 Å². The van der Waals surface area contributed by atoms with Crippen LogP contribution in [-0.2, 0) is 17.7 Å². The Bertz CT molecular complexity index is 600. The Morgan fingerprint density at radius 2 is 1.67 bits per heavy atom. The topological polar surface area (TPSA) is 26.0 Å². The van der Waals surface area contributed by atoms with Crippen molar-refractivity contribution in [1.29, 1.82) is 0 Å². The zero-order valence-electron chi connectivity index (χ0n) is 12.8.